The molecular weight excluding hydrogens is 353 g/mol. The van der Waals surface area contributed by atoms with E-state index < -0.39 is 0 Å². The van der Waals surface area contributed by atoms with Gasteiger partial charge in [0.2, 0.25) is 0 Å². The number of halogens is 1. The molecule has 0 saturated heterocycles. The molecule has 1 rings (SSSR count). The Labute approximate surface area is 133 Å². The second kappa shape index (κ2) is 7.12. The number of nitrogens with zero attached hydrogens (tertiary/aromatic N) is 3. The lowest BCUT2D eigenvalue weighted by Gasteiger charge is -2.23. The SMILES string of the molecule is CN=C(NCc1c(C)nn(C)c1C)NC(C)(C)C.I. The van der Waals surface area contributed by atoms with Gasteiger partial charge >= 0.3 is 0 Å². The van der Waals surface area contributed by atoms with Crippen LogP contribution in [0.1, 0.15) is 37.7 Å². The molecule has 0 aliphatic rings. The minimum atomic E-state index is 0. The Bertz CT molecular complexity index is 443. The number of aliphatic imine (C=N–C) groups is 1. The number of nitrogens with one attached hydrogen (secondary N) is 2. The molecule has 0 saturated carbocycles. The van der Waals surface area contributed by atoms with Crippen molar-refractivity contribution < 1.29 is 0 Å². The van der Waals surface area contributed by atoms with E-state index in [4.69, 9.17) is 0 Å². The van der Waals surface area contributed by atoms with E-state index in [1.807, 2.05) is 18.7 Å². The molecule has 0 bridgehead atoms. The molecule has 1 heterocycles. The Balaban J connectivity index is 0.00000324. The van der Waals surface area contributed by atoms with Crippen molar-refractivity contribution in [2.75, 3.05) is 7.05 Å². The van der Waals surface area contributed by atoms with Crippen LogP contribution in [0.5, 0.6) is 0 Å². The highest BCUT2D eigenvalue weighted by atomic mass is 127. The van der Waals surface area contributed by atoms with Gasteiger partial charge in [0.25, 0.3) is 0 Å². The van der Waals surface area contributed by atoms with Crippen molar-refractivity contribution in [3.05, 3.63) is 17.0 Å². The van der Waals surface area contributed by atoms with Gasteiger partial charge in [-0.25, -0.2) is 0 Å². The first-order valence-corrected chi connectivity index (χ1v) is 6.22. The molecule has 2 N–H and O–H groups in total. The number of aryl methyl sites for hydroxylation is 2. The van der Waals surface area contributed by atoms with Crippen LogP contribution in [0.15, 0.2) is 4.99 Å². The van der Waals surface area contributed by atoms with Crippen molar-refractivity contribution in [2.24, 2.45) is 12.0 Å². The zero-order valence-electron chi connectivity index (χ0n) is 13.0. The molecule has 0 amide bonds. The van der Waals surface area contributed by atoms with Crippen molar-refractivity contribution in [1.82, 2.24) is 20.4 Å². The second-order valence-electron chi connectivity index (χ2n) is 5.57. The predicted octanol–water partition coefficient (Wildman–Crippen LogP) is 2.12. The first-order valence-electron chi connectivity index (χ1n) is 6.22. The highest BCUT2D eigenvalue weighted by Gasteiger charge is 2.13. The van der Waals surface area contributed by atoms with Crippen molar-refractivity contribution in [1.29, 1.82) is 0 Å². The molecule has 5 nitrogen and oxygen atoms in total. The number of hydrogen-bond acceptors (Lipinski definition) is 2. The maximum absolute atomic E-state index is 4.41. The summed E-state index contributed by atoms with van der Waals surface area (Å²) in [6.07, 6.45) is 0. The summed E-state index contributed by atoms with van der Waals surface area (Å²) >= 11 is 0. The molecule has 19 heavy (non-hydrogen) atoms. The van der Waals surface area contributed by atoms with Crippen LogP contribution in [-0.2, 0) is 13.6 Å². The fraction of sp³-hybridized carbons (Fsp3) is 0.692. The molecule has 0 unspecified atom stereocenters. The van der Waals surface area contributed by atoms with Gasteiger partial charge in [-0.3, -0.25) is 9.67 Å². The van der Waals surface area contributed by atoms with Crippen molar-refractivity contribution >= 4 is 29.9 Å². The van der Waals surface area contributed by atoms with Crippen LogP contribution in [0.2, 0.25) is 0 Å². The average molecular weight is 379 g/mol. The van der Waals surface area contributed by atoms with E-state index in [9.17, 15) is 0 Å². The monoisotopic (exact) mass is 379 g/mol. The molecule has 0 aliphatic heterocycles. The van der Waals surface area contributed by atoms with E-state index in [1.165, 1.54) is 11.3 Å². The van der Waals surface area contributed by atoms with Gasteiger partial charge in [0.1, 0.15) is 0 Å². The lowest BCUT2D eigenvalue weighted by atomic mass is 10.1. The van der Waals surface area contributed by atoms with Gasteiger partial charge in [0.05, 0.1) is 5.69 Å². The molecule has 0 atom stereocenters. The lowest BCUT2D eigenvalue weighted by Crippen LogP contribution is -2.47. The standard InChI is InChI=1S/C13H25N5.HI/c1-9-11(10(2)18(7)17-9)8-15-12(14-6)16-13(3,4)5;/h8H2,1-7H3,(H2,14,15,16);1H. The minimum Gasteiger partial charge on any atom is -0.352 e. The van der Waals surface area contributed by atoms with Crippen LogP contribution in [0.3, 0.4) is 0 Å². The Kier molecular flexibility index (Phi) is 6.82. The first-order chi connectivity index (χ1) is 8.24. The Morgan fingerprint density at radius 2 is 1.89 bits per heavy atom. The van der Waals surface area contributed by atoms with Gasteiger partial charge in [0, 0.05) is 37.4 Å². The summed E-state index contributed by atoms with van der Waals surface area (Å²) in [5.74, 6) is 0.810. The van der Waals surface area contributed by atoms with Crippen LogP contribution in [0, 0.1) is 13.8 Å². The van der Waals surface area contributed by atoms with E-state index in [-0.39, 0.29) is 29.5 Å². The van der Waals surface area contributed by atoms with E-state index in [1.54, 1.807) is 7.05 Å². The molecule has 0 aromatic carbocycles. The normalized spacial score (nSPS) is 12.1. The highest BCUT2D eigenvalue weighted by molar-refractivity contribution is 14.0. The van der Waals surface area contributed by atoms with Gasteiger partial charge in [-0.05, 0) is 34.6 Å². The maximum Gasteiger partial charge on any atom is 0.191 e. The summed E-state index contributed by atoms with van der Waals surface area (Å²) in [6, 6.07) is 0. The summed E-state index contributed by atoms with van der Waals surface area (Å²) in [5.41, 5.74) is 3.48. The van der Waals surface area contributed by atoms with E-state index >= 15 is 0 Å². The molecule has 0 spiro atoms. The summed E-state index contributed by atoms with van der Waals surface area (Å²) in [5, 5.41) is 11.1. The first kappa shape index (κ1) is 18.2. The molecule has 1 aromatic heterocycles. The van der Waals surface area contributed by atoms with Gasteiger partial charge in [-0.2, -0.15) is 5.10 Å². The third kappa shape index (κ3) is 5.38. The van der Waals surface area contributed by atoms with Crippen LogP contribution in [0.4, 0.5) is 0 Å². The highest BCUT2D eigenvalue weighted by Crippen LogP contribution is 2.11. The average Bonchev–Trinajstić information content (AvgIpc) is 2.47. The summed E-state index contributed by atoms with van der Waals surface area (Å²) in [4.78, 5) is 4.22. The van der Waals surface area contributed by atoms with Gasteiger partial charge < -0.3 is 10.6 Å². The van der Waals surface area contributed by atoms with Gasteiger partial charge in [-0.15, -0.1) is 24.0 Å². The predicted molar refractivity (Wildman–Crippen MR) is 91.2 cm³/mol. The minimum absolute atomic E-state index is 0. The molecule has 0 fully saturated rings. The zero-order valence-corrected chi connectivity index (χ0v) is 15.3. The molecular formula is C13H26IN5. The molecule has 6 heteroatoms. The van der Waals surface area contributed by atoms with Gasteiger partial charge in [0.15, 0.2) is 5.96 Å². The van der Waals surface area contributed by atoms with Crippen LogP contribution < -0.4 is 10.6 Å². The van der Waals surface area contributed by atoms with Gasteiger partial charge in [-0.1, -0.05) is 0 Å². The van der Waals surface area contributed by atoms with E-state index in [0.29, 0.717) is 0 Å². The number of guanidine groups is 1. The number of hydrogen-bond donors (Lipinski definition) is 2. The molecule has 0 aliphatic carbocycles. The summed E-state index contributed by atoms with van der Waals surface area (Å²) in [6.45, 7) is 11.2. The van der Waals surface area contributed by atoms with E-state index in [2.05, 4.69) is 48.4 Å². The van der Waals surface area contributed by atoms with Crippen molar-refractivity contribution in [3.63, 3.8) is 0 Å². The zero-order chi connectivity index (χ0) is 13.9. The van der Waals surface area contributed by atoms with E-state index in [0.717, 1.165) is 18.2 Å². The smallest absolute Gasteiger partial charge is 0.191 e. The largest absolute Gasteiger partial charge is 0.352 e. The van der Waals surface area contributed by atoms with Crippen LogP contribution >= 0.6 is 24.0 Å². The van der Waals surface area contributed by atoms with Crippen molar-refractivity contribution in [2.45, 2.75) is 46.7 Å². The second-order valence-corrected chi connectivity index (χ2v) is 5.57. The summed E-state index contributed by atoms with van der Waals surface area (Å²) < 4.78 is 1.91. The Morgan fingerprint density at radius 1 is 1.32 bits per heavy atom. The number of rotatable bonds is 2. The summed E-state index contributed by atoms with van der Waals surface area (Å²) in [7, 11) is 3.75. The van der Waals surface area contributed by atoms with Crippen molar-refractivity contribution in [3.8, 4) is 0 Å². The van der Waals surface area contributed by atoms with Crippen LogP contribution in [0.25, 0.3) is 0 Å². The molecule has 0 radical (unpaired) electrons. The Hall–Kier alpha value is -0.790. The Morgan fingerprint density at radius 3 is 2.26 bits per heavy atom. The topological polar surface area (TPSA) is 54.2 Å². The molecule has 1 aromatic rings. The number of aromatic nitrogens is 2. The van der Waals surface area contributed by atoms with Crippen LogP contribution in [-0.4, -0.2) is 28.3 Å². The quantitative estimate of drug-likeness (QED) is 0.470. The fourth-order valence-electron chi connectivity index (χ4n) is 1.78. The fourth-order valence-corrected chi connectivity index (χ4v) is 1.78. The maximum atomic E-state index is 4.41. The third-order valence-electron chi connectivity index (χ3n) is 2.81. The lowest BCUT2D eigenvalue weighted by molar-refractivity contribution is 0.501. The third-order valence-corrected chi connectivity index (χ3v) is 2.81. The molecule has 110 valence electrons.